The fourth-order valence-corrected chi connectivity index (χ4v) is 2.06. The highest BCUT2D eigenvalue weighted by atomic mass is 19.1. The van der Waals surface area contributed by atoms with Crippen molar-refractivity contribution >= 4 is 5.82 Å². The highest BCUT2D eigenvalue weighted by Crippen LogP contribution is 2.23. The molecule has 21 heavy (non-hydrogen) atoms. The molecular weight excluding hydrogens is 265 g/mol. The van der Waals surface area contributed by atoms with E-state index in [2.05, 4.69) is 36.1 Å². The third-order valence-electron chi connectivity index (χ3n) is 3.15. The minimum absolute atomic E-state index is 0.0518. The monoisotopic (exact) mass is 287 g/mol. The van der Waals surface area contributed by atoms with Crippen LogP contribution < -0.4 is 5.32 Å². The molecule has 0 unspecified atom stereocenters. The van der Waals surface area contributed by atoms with Gasteiger partial charge in [-0.15, -0.1) is 0 Å². The fraction of sp³-hybridized carbons (Fsp3) is 0.412. The smallest absolute Gasteiger partial charge is 0.135 e. The lowest BCUT2D eigenvalue weighted by molar-refractivity contribution is 0.563. The number of rotatable bonds is 4. The van der Waals surface area contributed by atoms with E-state index in [9.17, 15) is 4.39 Å². The zero-order chi connectivity index (χ0) is 15.5. The average Bonchev–Trinajstić information content (AvgIpc) is 2.37. The van der Waals surface area contributed by atoms with Crippen molar-refractivity contribution in [1.29, 1.82) is 0 Å². The molecule has 0 saturated heterocycles. The Morgan fingerprint density at radius 1 is 1.14 bits per heavy atom. The number of hydrogen-bond donors (Lipinski definition) is 1. The van der Waals surface area contributed by atoms with Gasteiger partial charge in [0.15, 0.2) is 0 Å². The van der Waals surface area contributed by atoms with Gasteiger partial charge in [-0.3, -0.25) is 0 Å². The van der Waals surface area contributed by atoms with Gasteiger partial charge in [-0.25, -0.2) is 14.4 Å². The number of aromatic nitrogens is 2. The predicted octanol–water partition coefficient (Wildman–Crippen LogP) is 3.94. The molecule has 0 aliphatic carbocycles. The molecule has 0 bridgehead atoms. The van der Waals surface area contributed by atoms with E-state index in [1.54, 1.807) is 6.07 Å². The van der Waals surface area contributed by atoms with Crippen LogP contribution in [0.3, 0.4) is 0 Å². The van der Waals surface area contributed by atoms with E-state index in [1.165, 1.54) is 12.1 Å². The second-order valence-corrected chi connectivity index (χ2v) is 6.14. The maximum atomic E-state index is 13.3. The molecule has 2 rings (SSSR count). The first-order valence-electron chi connectivity index (χ1n) is 7.25. The summed E-state index contributed by atoms with van der Waals surface area (Å²) in [6, 6.07) is 8.56. The Kier molecular flexibility index (Phi) is 4.56. The third-order valence-corrected chi connectivity index (χ3v) is 3.15. The molecule has 3 nitrogen and oxygen atoms in total. The Balaban J connectivity index is 2.35. The normalized spacial score (nSPS) is 11.5. The zero-order valence-corrected chi connectivity index (χ0v) is 13.1. The SMILES string of the molecule is CCNc1cc(C(C)(C)C)nc(Cc2cccc(F)c2)n1. The Hall–Kier alpha value is -1.97. The van der Waals surface area contributed by atoms with Crippen molar-refractivity contribution in [2.45, 2.75) is 39.5 Å². The van der Waals surface area contributed by atoms with E-state index >= 15 is 0 Å². The standard InChI is InChI=1S/C17H22FN3/c1-5-19-15-11-14(17(2,3)4)20-16(21-15)10-12-7-6-8-13(18)9-12/h6-9,11H,5,10H2,1-4H3,(H,19,20,21). The largest absolute Gasteiger partial charge is 0.370 e. The number of halogens is 1. The Morgan fingerprint density at radius 3 is 2.52 bits per heavy atom. The predicted molar refractivity (Wildman–Crippen MR) is 84.1 cm³/mol. The number of nitrogens with one attached hydrogen (secondary N) is 1. The minimum Gasteiger partial charge on any atom is -0.370 e. The van der Waals surface area contributed by atoms with Crippen LogP contribution in [0.4, 0.5) is 10.2 Å². The summed E-state index contributed by atoms with van der Waals surface area (Å²) in [4.78, 5) is 9.16. The molecule has 0 saturated carbocycles. The number of benzene rings is 1. The molecule has 2 aromatic rings. The average molecular weight is 287 g/mol. The summed E-state index contributed by atoms with van der Waals surface area (Å²) in [5.74, 6) is 1.30. The molecule has 0 atom stereocenters. The molecule has 0 fully saturated rings. The van der Waals surface area contributed by atoms with Gasteiger partial charge in [-0.2, -0.15) is 0 Å². The third kappa shape index (κ3) is 4.25. The van der Waals surface area contributed by atoms with E-state index in [1.807, 2.05) is 19.1 Å². The molecule has 0 aliphatic heterocycles. The van der Waals surface area contributed by atoms with Crippen molar-refractivity contribution in [3.63, 3.8) is 0 Å². The Labute approximate surface area is 125 Å². The quantitative estimate of drug-likeness (QED) is 0.925. The topological polar surface area (TPSA) is 37.8 Å². The molecule has 1 heterocycles. The van der Waals surface area contributed by atoms with Gasteiger partial charge in [-0.1, -0.05) is 32.9 Å². The lowest BCUT2D eigenvalue weighted by Crippen LogP contribution is -2.17. The van der Waals surface area contributed by atoms with Crippen LogP contribution >= 0.6 is 0 Å². The highest BCUT2D eigenvalue weighted by Gasteiger charge is 2.18. The number of anilines is 1. The Morgan fingerprint density at radius 2 is 1.90 bits per heavy atom. The Bertz CT molecular complexity index is 618. The molecule has 1 N–H and O–H groups in total. The first-order chi connectivity index (χ1) is 9.88. The van der Waals surface area contributed by atoms with Crippen LogP contribution in [-0.4, -0.2) is 16.5 Å². The van der Waals surface area contributed by atoms with Gasteiger partial charge in [0.25, 0.3) is 0 Å². The lowest BCUT2D eigenvalue weighted by Gasteiger charge is -2.19. The molecule has 112 valence electrons. The number of nitrogens with zero attached hydrogens (tertiary/aromatic N) is 2. The summed E-state index contributed by atoms with van der Waals surface area (Å²) in [6.07, 6.45) is 0.528. The van der Waals surface area contributed by atoms with E-state index in [0.29, 0.717) is 12.2 Å². The first-order valence-corrected chi connectivity index (χ1v) is 7.25. The summed E-state index contributed by atoms with van der Waals surface area (Å²) in [7, 11) is 0. The summed E-state index contributed by atoms with van der Waals surface area (Å²) in [5, 5.41) is 3.23. The van der Waals surface area contributed by atoms with E-state index in [0.717, 1.165) is 23.6 Å². The maximum absolute atomic E-state index is 13.3. The van der Waals surface area contributed by atoms with Gasteiger partial charge in [0.1, 0.15) is 17.5 Å². The number of hydrogen-bond acceptors (Lipinski definition) is 3. The van der Waals surface area contributed by atoms with Crippen LogP contribution in [0.5, 0.6) is 0 Å². The van der Waals surface area contributed by atoms with Gasteiger partial charge >= 0.3 is 0 Å². The molecule has 0 spiro atoms. The molecule has 1 aromatic carbocycles. The second kappa shape index (κ2) is 6.20. The van der Waals surface area contributed by atoms with Gasteiger partial charge in [-0.05, 0) is 24.6 Å². The van der Waals surface area contributed by atoms with Crippen LogP contribution in [0, 0.1) is 5.82 Å². The summed E-state index contributed by atoms with van der Waals surface area (Å²) in [6.45, 7) is 9.20. The lowest BCUT2D eigenvalue weighted by atomic mass is 9.92. The van der Waals surface area contributed by atoms with Crippen molar-refractivity contribution in [3.8, 4) is 0 Å². The van der Waals surface area contributed by atoms with Crippen molar-refractivity contribution in [3.05, 3.63) is 53.2 Å². The van der Waals surface area contributed by atoms with Crippen LogP contribution in [0.15, 0.2) is 30.3 Å². The van der Waals surface area contributed by atoms with Crippen molar-refractivity contribution in [2.24, 2.45) is 0 Å². The molecular formula is C17H22FN3. The van der Waals surface area contributed by atoms with Crippen molar-refractivity contribution in [1.82, 2.24) is 9.97 Å². The van der Waals surface area contributed by atoms with Gasteiger partial charge in [0.05, 0.1) is 5.69 Å². The molecule has 1 aromatic heterocycles. The van der Waals surface area contributed by atoms with Gasteiger partial charge in [0.2, 0.25) is 0 Å². The second-order valence-electron chi connectivity index (χ2n) is 6.14. The van der Waals surface area contributed by atoms with E-state index < -0.39 is 0 Å². The molecule has 0 radical (unpaired) electrons. The van der Waals surface area contributed by atoms with Crippen LogP contribution in [0.25, 0.3) is 0 Å². The van der Waals surface area contributed by atoms with E-state index in [4.69, 9.17) is 0 Å². The summed E-state index contributed by atoms with van der Waals surface area (Å²) < 4.78 is 13.3. The van der Waals surface area contributed by atoms with Crippen LogP contribution in [0.1, 0.15) is 44.8 Å². The highest BCUT2D eigenvalue weighted by molar-refractivity contribution is 5.38. The van der Waals surface area contributed by atoms with Crippen LogP contribution in [0.2, 0.25) is 0 Å². The van der Waals surface area contributed by atoms with E-state index in [-0.39, 0.29) is 11.2 Å². The first kappa shape index (κ1) is 15.4. The van der Waals surface area contributed by atoms with Gasteiger partial charge < -0.3 is 5.32 Å². The summed E-state index contributed by atoms with van der Waals surface area (Å²) in [5.41, 5.74) is 1.81. The molecule has 4 heteroatoms. The van der Waals surface area contributed by atoms with Gasteiger partial charge in [0, 0.05) is 24.4 Å². The molecule has 0 amide bonds. The van der Waals surface area contributed by atoms with Crippen molar-refractivity contribution in [2.75, 3.05) is 11.9 Å². The maximum Gasteiger partial charge on any atom is 0.135 e. The fourth-order valence-electron chi connectivity index (χ4n) is 2.06. The van der Waals surface area contributed by atoms with Crippen LogP contribution in [-0.2, 0) is 11.8 Å². The zero-order valence-electron chi connectivity index (χ0n) is 13.1. The minimum atomic E-state index is -0.230. The summed E-state index contributed by atoms with van der Waals surface area (Å²) >= 11 is 0. The van der Waals surface area contributed by atoms with Crippen molar-refractivity contribution < 1.29 is 4.39 Å². The molecule has 0 aliphatic rings.